The average Bonchev–Trinajstić information content (AvgIpc) is 2.79. The molecule has 0 fully saturated rings. The Balaban J connectivity index is 0.000000597. The number of rotatable bonds is 4. The SMILES string of the molecule is CC#N.Cc1cccc([Si](c2ccccc2)(c2cccc(C)n2)c2cccc(C)n2)n1.F[P-](F)(F)(F)(F)F.[Cu+]. The summed E-state index contributed by atoms with van der Waals surface area (Å²) in [6, 6.07) is 31.2. The van der Waals surface area contributed by atoms with Crippen molar-refractivity contribution in [3.05, 3.63) is 102 Å². The van der Waals surface area contributed by atoms with Gasteiger partial charge in [-0.05, 0) is 62.4 Å². The molecule has 13 heteroatoms. The van der Waals surface area contributed by atoms with Gasteiger partial charge in [-0.1, -0.05) is 48.5 Å². The molecule has 0 aliphatic rings. The molecule has 0 unspecified atom stereocenters. The zero-order valence-electron chi connectivity index (χ0n) is 21.4. The van der Waals surface area contributed by atoms with E-state index in [1.165, 1.54) is 12.1 Å². The molecule has 212 valence electrons. The third kappa shape index (κ3) is 10.9. The molecule has 1 aromatic carbocycles. The molecule has 4 aromatic rings. The van der Waals surface area contributed by atoms with Gasteiger partial charge in [-0.3, -0.25) is 15.0 Å². The van der Waals surface area contributed by atoms with Crippen molar-refractivity contribution in [3.8, 4) is 6.07 Å². The second kappa shape index (κ2) is 12.4. The van der Waals surface area contributed by atoms with Crippen LogP contribution in [0.4, 0.5) is 25.2 Å². The first-order valence-electron chi connectivity index (χ1n) is 11.2. The summed E-state index contributed by atoms with van der Waals surface area (Å²) >= 11 is 0. The summed E-state index contributed by atoms with van der Waals surface area (Å²) in [5.41, 5.74) is 3.02. The van der Waals surface area contributed by atoms with Gasteiger partial charge in [0, 0.05) is 40.0 Å². The third-order valence-corrected chi connectivity index (χ3v) is 9.36. The predicted octanol–water partition coefficient (Wildman–Crippen LogP) is 6.08. The summed E-state index contributed by atoms with van der Waals surface area (Å²) in [7, 11) is -13.4. The molecule has 4 nitrogen and oxygen atoms in total. The van der Waals surface area contributed by atoms with E-state index < -0.39 is 15.9 Å². The van der Waals surface area contributed by atoms with Crippen LogP contribution in [-0.4, -0.2) is 23.0 Å². The van der Waals surface area contributed by atoms with Crippen LogP contribution in [0.25, 0.3) is 0 Å². The normalized spacial score (nSPS) is 12.5. The molecule has 0 saturated carbocycles. The zero-order valence-corrected chi connectivity index (χ0v) is 24.2. The molecule has 0 spiro atoms. The van der Waals surface area contributed by atoms with E-state index in [9.17, 15) is 25.2 Å². The van der Waals surface area contributed by atoms with E-state index in [0.717, 1.165) is 33.0 Å². The number of aromatic nitrogens is 3. The first-order valence-corrected chi connectivity index (χ1v) is 15.3. The van der Waals surface area contributed by atoms with Crippen LogP contribution in [0.2, 0.25) is 0 Å². The zero-order chi connectivity index (χ0) is 28.7. The maximum Gasteiger partial charge on any atom is 1.00 e. The number of nitriles is 1. The first-order chi connectivity index (χ1) is 17.5. The Labute approximate surface area is 234 Å². The van der Waals surface area contributed by atoms with E-state index in [1.54, 1.807) is 6.07 Å². The van der Waals surface area contributed by atoms with E-state index in [0.29, 0.717) is 0 Å². The van der Waals surface area contributed by atoms with Crippen molar-refractivity contribution in [2.75, 3.05) is 0 Å². The molecule has 0 radical (unpaired) electrons. The quantitative estimate of drug-likeness (QED) is 0.156. The van der Waals surface area contributed by atoms with Gasteiger partial charge in [-0.2, -0.15) is 5.26 Å². The van der Waals surface area contributed by atoms with E-state index in [2.05, 4.69) is 66.7 Å². The van der Waals surface area contributed by atoms with Crippen LogP contribution in [-0.2, 0) is 17.1 Å². The smallest absolute Gasteiger partial charge is 1.00 e. The summed E-state index contributed by atoms with van der Waals surface area (Å²) in [5, 5.41) is 11.8. The molecule has 0 aliphatic carbocycles. The maximum atomic E-state index is 9.87. The molecule has 0 atom stereocenters. The van der Waals surface area contributed by atoms with Gasteiger partial charge in [0.2, 0.25) is 8.07 Å². The van der Waals surface area contributed by atoms with E-state index in [1.807, 2.05) is 39.0 Å². The van der Waals surface area contributed by atoms with Gasteiger partial charge in [-0.15, -0.1) is 0 Å². The van der Waals surface area contributed by atoms with Crippen molar-refractivity contribution in [2.45, 2.75) is 27.7 Å². The summed E-state index contributed by atoms with van der Waals surface area (Å²) in [6.45, 7) is 7.56. The second-order valence-electron chi connectivity index (χ2n) is 8.29. The Kier molecular flexibility index (Phi) is 10.8. The standard InChI is InChI=1S/C24H23N3Si.C2H3N.Cu.F6P/c1-18-10-7-15-22(25-18)28(21-13-5-4-6-14-21,23-16-8-11-19(2)26-23)24-17-9-12-20(3)27-24;1-2-3;;1-7(2,3,4,5)6/h4-17H,1-3H3;1H3;;/q;;+1;-1. The van der Waals surface area contributed by atoms with Crippen molar-refractivity contribution >= 4 is 37.0 Å². The largest absolute Gasteiger partial charge is 1.00 e. The Hall–Kier alpha value is -3.09. The number of aryl methyl sites for hydroxylation is 3. The van der Waals surface area contributed by atoms with Crippen molar-refractivity contribution in [2.24, 2.45) is 0 Å². The molecule has 0 saturated heterocycles. The molecular formula is C26H26CuF6N4PSi. The minimum Gasteiger partial charge on any atom is 1.00 e. The fraction of sp³-hybridized carbons (Fsp3) is 0.154. The van der Waals surface area contributed by atoms with E-state index in [-0.39, 0.29) is 17.1 Å². The maximum absolute atomic E-state index is 10.7. The van der Waals surface area contributed by atoms with Gasteiger partial charge >= 0.3 is 50.1 Å². The Bertz CT molecular complexity index is 1310. The minimum absolute atomic E-state index is 0. The van der Waals surface area contributed by atoms with Crippen molar-refractivity contribution in [3.63, 3.8) is 0 Å². The fourth-order valence-corrected chi connectivity index (χ4v) is 8.22. The Morgan fingerprint density at radius 3 is 1.13 bits per heavy atom. The molecule has 0 bridgehead atoms. The van der Waals surface area contributed by atoms with Gasteiger partial charge in [0.15, 0.2) is 0 Å². The predicted molar refractivity (Wildman–Crippen MR) is 143 cm³/mol. The van der Waals surface area contributed by atoms with Gasteiger partial charge in [0.25, 0.3) is 0 Å². The Morgan fingerprint density at radius 2 is 0.872 bits per heavy atom. The van der Waals surface area contributed by atoms with Gasteiger partial charge in [0.1, 0.15) is 0 Å². The van der Waals surface area contributed by atoms with Crippen molar-refractivity contribution in [1.29, 1.82) is 5.26 Å². The molecule has 0 N–H and O–H groups in total. The number of hydrogen-bond acceptors (Lipinski definition) is 4. The number of benzene rings is 1. The van der Waals surface area contributed by atoms with Gasteiger partial charge in [0.05, 0.1) is 6.07 Å². The van der Waals surface area contributed by atoms with Crippen LogP contribution in [0.3, 0.4) is 0 Å². The van der Waals surface area contributed by atoms with E-state index in [4.69, 9.17) is 20.2 Å². The van der Waals surface area contributed by atoms with Gasteiger partial charge < -0.3 is 0 Å². The molecule has 4 rings (SSSR count). The molecule has 0 amide bonds. The van der Waals surface area contributed by atoms with E-state index >= 15 is 0 Å². The average molecular weight is 631 g/mol. The second-order valence-corrected chi connectivity index (χ2v) is 13.8. The number of pyridine rings is 3. The Morgan fingerprint density at radius 1 is 0.590 bits per heavy atom. The molecule has 0 aliphatic heterocycles. The first kappa shape index (κ1) is 33.9. The van der Waals surface area contributed by atoms with Crippen LogP contribution >= 0.6 is 7.81 Å². The van der Waals surface area contributed by atoms with Crippen LogP contribution < -0.4 is 21.1 Å². The van der Waals surface area contributed by atoms with Crippen LogP contribution in [0.5, 0.6) is 0 Å². The molecule has 3 heterocycles. The summed E-state index contributed by atoms with van der Waals surface area (Å²) in [6.07, 6.45) is 0. The summed E-state index contributed by atoms with van der Waals surface area (Å²) in [5.74, 6) is 0. The topological polar surface area (TPSA) is 62.5 Å². The van der Waals surface area contributed by atoms with Crippen LogP contribution in [0.15, 0.2) is 84.9 Å². The van der Waals surface area contributed by atoms with Crippen LogP contribution in [0, 0.1) is 32.1 Å². The number of nitrogens with zero attached hydrogens (tertiary/aromatic N) is 4. The molecule has 3 aromatic heterocycles. The third-order valence-electron chi connectivity index (χ3n) is 5.02. The number of hydrogen-bond donors (Lipinski definition) is 0. The van der Waals surface area contributed by atoms with Crippen molar-refractivity contribution in [1.82, 2.24) is 15.0 Å². The van der Waals surface area contributed by atoms with Crippen molar-refractivity contribution < 1.29 is 42.3 Å². The van der Waals surface area contributed by atoms with Crippen LogP contribution in [0.1, 0.15) is 24.0 Å². The minimum atomic E-state index is -10.7. The fourth-order valence-electron chi connectivity index (χ4n) is 3.78. The van der Waals surface area contributed by atoms with Gasteiger partial charge in [-0.25, -0.2) is 0 Å². The number of halogens is 6. The summed E-state index contributed by atoms with van der Waals surface area (Å²) < 4.78 is 59.2. The molecular weight excluding hydrogens is 605 g/mol. The summed E-state index contributed by atoms with van der Waals surface area (Å²) in [4.78, 5) is 15.0. The molecule has 39 heavy (non-hydrogen) atoms. The monoisotopic (exact) mass is 630 g/mol.